The van der Waals surface area contributed by atoms with Crippen molar-refractivity contribution in [3.8, 4) is 0 Å². The Morgan fingerprint density at radius 1 is 1.44 bits per heavy atom. The maximum Gasteiger partial charge on any atom is 0.220 e. The van der Waals surface area contributed by atoms with E-state index in [-0.39, 0.29) is 23.8 Å². The zero-order valence-electron chi connectivity index (χ0n) is 9.19. The minimum Gasteiger partial charge on any atom is -0.334 e. The lowest BCUT2D eigenvalue weighted by molar-refractivity contribution is -0.129. The van der Waals surface area contributed by atoms with Crippen LogP contribution in [0.2, 0.25) is 0 Å². The quantitative estimate of drug-likeness (QED) is 0.781. The Balaban J connectivity index is 2.29. The number of benzene rings is 1. The maximum absolute atomic E-state index is 12.8. The third kappa shape index (κ3) is 1.93. The third-order valence-corrected chi connectivity index (χ3v) is 3.06. The van der Waals surface area contributed by atoms with Crippen LogP contribution in [0.1, 0.15) is 24.9 Å². The summed E-state index contributed by atoms with van der Waals surface area (Å²) >= 11 is 0. The van der Waals surface area contributed by atoms with Gasteiger partial charge in [0.05, 0.1) is 6.04 Å². The topological polar surface area (TPSA) is 46.3 Å². The predicted molar refractivity (Wildman–Crippen MR) is 59.1 cm³/mol. The number of nitrogens with zero attached hydrogens (tertiary/aromatic N) is 1. The number of hydrogen-bond acceptors (Lipinski definition) is 2. The Hall–Kier alpha value is -1.42. The highest BCUT2D eigenvalue weighted by molar-refractivity contribution is 5.74. The first-order valence-electron chi connectivity index (χ1n) is 5.38. The first-order chi connectivity index (χ1) is 7.59. The summed E-state index contributed by atoms with van der Waals surface area (Å²) in [6.45, 7) is 2.22. The molecule has 1 amide bonds. The second-order valence-electron chi connectivity index (χ2n) is 4.16. The van der Waals surface area contributed by atoms with Crippen molar-refractivity contribution < 1.29 is 9.18 Å². The smallest absolute Gasteiger partial charge is 0.220 e. The highest BCUT2D eigenvalue weighted by Gasteiger charge is 2.34. The van der Waals surface area contributed by atoms with Crippen LogP contribution in [-0.4, -0.2) is 23.4 Å². The number of rotatable bonds is 1. The van der Waals surface area contributed by atoms with E-state index in [9.17, 15) is 9.18 Å². The highest BCUT2D eigenvalue weighted by atomic mass is 19.1. The number of likely N-dealkylation sites (tertiary alicyclic amines) is 1. The van der Waals surface area contributed by atoms with Crippen molar-refractivity contribution in [3.63, 3.8) is 0 Å². The SMILES string of the molecule is CC(=O)N1CCC(N)C1c1ccc(F)cc1. The van der Waals surface area contributed by atoms with E-state index in [0.717, 1.165) is 12.0 Å². The van der Waals surface area contributed by atoms with Crippen LogP contribution in [-0.2, 0) is 4.79 Å². The Bertz CT molecular complexity index is 391. The minimum absolute atomic E-state index is 0.0160. The fraction of sp³-hybridized carbons (Fsp3) is 0.417. The van der Waals surface area contributed by atoms with E-state index in [1.807, 2.05) is 0 Å². The van der Waals surface area contributed by atoms with Gasteiger partial charge in [-0.2, -0.15) is 0 Å². The van der Waals surface area contributed by atoms with Crippen LogP contribution in [0.4, 0.5) is 4.39 Å². The lowest BCUT2D eigenvalue weighted by Crippen LogP contribution is -2.34. The molecule has 1 aromatic carbocycles. The molecule has 1 aliphatic heterocycles. The van der Waals surface area contributed by atoms with E-state index in [4.69, 9.17) is 5.73 Å². The second-order valence-corrected chi connectivity index (χ2v) is 4.16. The fourth-order valence-electron chi connectivity index (χ4n) is 2.26. The summed E-state index contributed by atoms with van der Waals surface area (Å²) in [7, 11) is 0. The van der Waals surface area contributed by atoms with Gasteiger partial charge in [-0.25, -0.2) is 4.39 Å². The number of nitrogens with two attached hydrogens (primary N) is 1. The molecule has 4 heteroatoms. The first kappa shape index (κ1) is 11.1. The van der Waals surface area contributed by atoms with Crippen molar-refractivity contribution in [2.24, 2.45) is 5.73 Å². The van der Waals surface area contributed by atoms with Crippen molar-refractivity contribution in [2.45, 2.75) is 25.4 Å². The average molecular weight is 222 g/mol. The molecule has 1 heterocycles. The molecule has 86 valence electrons. The molecule has 1 fully saturated rings. The molecule has 0 radical (unpaired) electrons. The number of hydrogen-bond donors (Lipinski definition) is 1. The standard InChI is InChI=1S/C12H15FN2O/c1-8(16)15-7-6-11(14)12(15)9-2-4-10(13)5-3-9/h2-5,11-12H,6-7,14H2,1H3. The number of carbonyl (C=O) groups excluding carboxylic acids is 1. The van der Waals surface area contributed by atoms with Gasteiger partial charge in [0.25, 0.3) is 0 Å². The van der Waals surface area contributed by atoms with Crippen LogP contribution in [0.15, 0.2) is 24.3 Å². The molecule has 0 bridgehead atoms. The van der Waals surface area contributed by atoms with E-state index in [0.29, 0.717) is 6.54 Å². The molecule has 16 heavy (non-hydrogen) atoms. The van der Waals surface area contributed by atoms with Gasteiger partial charge < -0.3 is 10.6 Å². The van der Waals surface area contributed by atoms with E-state index in [1.54, 1.807) is 17.0 Å². The Morgan fingerprint density at radius 2 is 2.06 bits per heavy atom. The van der Waals surface area contributed by atoms with Crippen LogP contribution in [0, 0.1) is 5.82 Å². The summed E-state index contributed by atoms with van der Waals surface area (Å²) in [5.74, 6) is -0.257. The van der Waals surface area contributed by atoms with Gasteiger partial charge in [-0.05, 0) is 24.1 Å². The molecule has 0 saturated carbocycles. The van der Waals surface area contributed by atoms with Crippen LogP contribution in [0.25, 0.3) is 0 Å². The monoisotopic (exact) mass is 222 g/mol. The Labute approximate surface area is 94.0 Å². The molecule has 2 unspecified atom stereocenters. The van der Waals surface area contributed by atoms with E-state index < -0.39 is 0 Å². The molecule has 1 saturated heterocycles. The molecule has 2 rings (SSSR count). The second kappa shape index (κ2) is 4.22. The molecule has 0 spiro atoms. The number of amides is 1. The van der Waals surface area contributed by atoms with Gasteiger partial charge in [0, 0.05) is 19.5 Å². The van der Waals surface area contributed by atoms with Gasteiger partial charge >= 0.3 is 0 Å². The first-order valence-corrected chi connectivity index (χ1v) is 5.38. The molecule has 1 aromatic rings. The molecule has 3 nitrogen and oxygen atoms in total. The van der Waals surface area contributed by atoms with Crippen LogP contribution in [0.3, 0.4) is 0 Å². The largest absolute Gasteiger partial charge is 0.334 e. The summed E-state index contributed by atoms with van der Waals surface area (Å²) in [5, 5.41) is 0. The van der Waals surface area contributed by atoms with E-state index >= 15 is 0 Å². The Morgan fingerprint density at radius 3 is 2.62 bits per heavy atom. The Kier molecular flexibility index (Phi) is 2.92. The molecular formula is C12H15FN2O. The molecule has 0 aliphatic carbocycles. The van der Waals surface area contributed by atoms with Crippen molar-refractivity contribution in [2.75, 3.05) is 6.54 Å². The van der Waals surface area contributed by atoms with Gasteiger partial charge in [-0.15, -0.1) is 0 Å². The van der Waals surface area contributed by atoms with Gasteiger partial charge in [-0.1, -0.05) is 12.1 Å². The number of carbonyl (C=O) groups is 1. The highest BCUT2D eigenvalue weighted by Crippen LogP contribution is 2.31. The zero-order valence-corrected chi connectivity index (χ0v) is 9.19. The lowest BCUT2D eigenvalue weighted by Gasteiger charge is -2.26. The van der Waals surface area contributed by atoms with Gasteiger partial charge in [0.2, 0.25) is 5.91 Å². The normalized spacial score (nSPS) is 24.8. The van der Waals surface area contributed by atoms with Crippen LogP contribution >= 0.6 is 0 Å². The van der Waals surface area contributed by atoms with Crippen molar-refractivity contribution in [1.29, 1.82) is 0 Å². The summed E-state index contributed by atoms with van der Waals surface area (Å²) in [4.78, 5) is 13.2. The predicted octanol–water partition coefficient (Wildman–Crippen LogP) is 1.45. The van der Waals surface area contributed by atoms with Crippen molar-refractivity contribution in [3.05, 3.63) is 35.6 Å². The van der Waals surface area contributed by atoms with Crippen molar-refractivity contribution in [1.82, 2.24) is 4.90 Å². The van der Waals surface area contributed by atoms with Crippen LogP contribution in [0.5, 0.6) is 0 Å². The number of halogens is 1. The molecule has 1 aliphatic rings. The average Bonchev–Trinajstić information content (AvgIpc) is 2.62. The molecule has 0 aromatic heterocycles. The van der Waals surface area contributed by atoms with Gasteiger partial charge in [0.15, 0.2) is 0 Å². The van der Waals surface area contributed by atoms with E-state index in [2.05, 4.69) is 0 Å². The molecular weight excluding hydrogens is 207 g/mol. The minimum atomic E-state index is -0.273. The summed E-state index contributed by atoms with van der Waals surface area (Å²) in [5.41, 5.74) is 6.89. The third-order valence-electron chi connectivity index (χ3n) is 3.06. The maximum atomic E-state index is 12.8. The zero-order chi connectivity index (χ0) is 11.7. The lowest BCUT2D eigenvalue weighted by atomic mass is 10.0. The fourth-order valence-corrected chi connectivity index (χ4v) is 2.26. The summed E-state index contributed by atoms with van der Waals surface area (Å²) < 4.78 is 12.8. The van der Waals surface area contributed by atoms with E-state index in [1.165, 1.54) is 19.1 Å². The summed E-state index contributed by atoms with van der Waals surface area (Å²) in [6, 6.07) is 6.02. The van der Waals surface area contributed by atoms with Gasteiger partial charge in [-0.3, -0.25) is 4.79 Å². The van der Waals surface area contributed by atoms with Crippen molar-refractivity contribution >= 4 is 5.91 Å². The van der Waals surface area contributed by atoms with Gasteiger partial charge in [0.1, 0.15) is 5.82 Å². The molecule has 2 atom stereocenters. The van der Waals surface area contributed by atoms with Crippen LogP contribution < -0.4 is 5.73 Å². The summed E-state index contributed by atoms with van der Waals surface area (Å²) in [6.07, 6.45) is 0.793. The molecule has 2 N–H and O–H groups in total.